The summed E-state index contributed by atoms with van der Waals surface area (Å²) in [6.07, 6.45) is 0.871. The maximum Gasteiger partial charge on any atom is 0.337 e. The molecule has 1 aliphatic rings. The van der Waals surface area contributed by atoms with E-state index in [1.807, 2.05) is 30.3 Å². The van der Waals surface area contributed by atoms with Crippen LogP contribution in [0.15, 0.2) is 64.0 Å². The highest BCUT2D eigenvalue weighted by Gasteiger charge is 2.41. The Morgan fingerprint density at radius 3 is 2.74 bits per heavy atom. The third kappa shape index (κ3) is 3.18. The summed E-state index contributed by atoms with van der Waals surface area (Å²) in [4.78, 5) is 30.9. The third-order valence-corrected chi connectivity index (χ3v) is 4.79. The van der Waals surface area contributed by atoms with Crippen molar-refractivity contribution in [2.45, 2.75) is 18.6 Å². The molecule has 0 amide bonds. The highest BCUT2D eigenvalue weighted by molar-refractivity contribution is 6.31. The van der Waals surface area contributed by atoms with Crippen LogP contribution in [0.1, 0.15) is 18.0 Å². The monoisotopic (exact) mass is 385 g/mol. The van der Waals surface area contributed by atoms with Crippen LogP contribution < -0.4 is 10.5 Å². The number of carbonyl (C=O) groups is 1. The Balaban J connectivity index is 1.82. The van der Waals surface area contributed by atoms with Gasteiger partial charge >= 0.3 is 5.97 Å². The van der Waals surface area contributed by atoms with Crippen LogP contribution in [-0.4, -0.2) is 19.2 Å². The number of hydroxylamine groups is 1. The Labute approximate surface area is 159 Å². The molecule has 0 unspecified atom stereocenters. The number of methoxy groups -OCH3 is 1. The second-order valence-electron chi connectivity index (χ2n) is 6.19. The summed E-state index contributed by atoms with van der Waals surface area (Å²) < 4.78 is 10.4. The number of benzene rings is 2. The molecule has 1 aliphatic heterocycles. The molecular weight excluding hydrogens is 370 g/mol. The molecule has 0 aliphatic carbocycles. The molecule has 0 radical (unpaired) electrons. The smallest absolute Gasteiger partial charge is 0.337 e. The number of hydrogen-bond acceptors (Lipinski definition) is 6. The number of rotatable bonds is 3. The molecule has 1 saturated heterocycles. The lowest BCUT2D eigenvalue weighted by molar-refractivity contribution is -0.151. The van der Waals surface area contributed by atoms with Crippen molar-refractivity contribution < 1.29 is 18.8 Å². The largest absolute Gasteiger partial charge is 0.467 e. The standard InChI is InChI=1S/C20H16ClNO5/c1-25-20(24)18-10-16(22(27-18)13-5-3-2-4-6-13)15-11-26-17-8-7-12(21)9-14(17)19(15)23/h2-9,11,16,18H,10H2,1H3/t16-,18+/m0/s1. The van der Waals surface area contributed by atoms with Crippen molar-refractivity contribution >= 4 is 34.2 Å². The van der Waals surface area contributed by atoms with Gasteiger partial charge in [-0.1, -0.05) is 29.8 Å². The van der Waals surface area contributed by atoms with Crippen molar-refractivity contribution in [2.75, 3.05) is 12.2 Å². The topological polar surface area (TPSA) is 69.0 Å². The maximum atomic E-state index is 13.1. The van der Waals surface area contributed by atoms with E-state index < -0.39 is 18.1 Å². The molecule has 7 heteroatoms. The molecule has 0 spiro atoms. The number of carbonyl (C=O) groups excluding carboxylic acids is 1. The number of halogens is 1. The fourth-order valence-corrected chi connectivity index (χ4v) is 3.41. The highest BCUT2D eigenvalue weighted by Crippen LogP contribution is 2.37. The molecule has 1 fully saturated rings. The number of hydrogen-bond donors (Lipinski definition) is 0. The summed E-state index contributed by atoms with van der Waals surface area (Å²) in [5.41, 5.74) is 1.35. The number of anilines is 1. The fraction of sp³-hybridized carbons (Fsp3) is 0.200. The minimum atomic E-state index is -0.810. The van der Waals surface area contributed by atoms with Gasteiger partial charge in [0.05, 0.1) is 29.8 Å². The van der Waals surface area contributed by atoms with E-state index in [2.05, 4.69) is 0 Å². The Kier molecular flexibility index (Phi) is 4.59. The zero-order valence-electron chi connectivity index (χ0n) is 14.4. The van der Waals surface area contributed by atoms with Gasteiger partial charge < -0.3 is 9.15 Å². The first-order valence-electron chi connectivity index (χ1n) is 8.38. The zero-order valence-corrected chi connectivity index (χ0v) is 15.2. The first kappa shape index (κ1) is 17.6. The predicted molar refractivity (Wildman–Crippen MR) is 101 cm³/mol. The Morgan fingerprint density at radius 1 is 1.22 bits per heavy atom. The summed E-state index contributed by atoms with van der Waals surface area (Å²) in [7, 11) is 1.30. The number of ether oxygens (including phenoxy) is 1. The molecule has 27 heavy (non-hydrogen) atoms. The quantitative estimate of drug-likeness (QED) is 0.637. The van der Waals surface area contributed by atoms with Crippen molar-refractivity contribution in [3.05, 3.63) is 75.6 Å². The van der Waals surface area contributed by atoms with E-state index in [1.54, 1.807) is 23.3 Å². The molecule has 3 aromatic rings. The van der Waals surface area contributed by atoms with Gasteiger partial charge in [-0.15, -0.1) is 0 Å². The summed E-state index contributed by atoms with van der Waals surface area (Å²) in [5, 5.41) is 2.39. The van der Waals surface area contributed by atoms with Crippen LogP contribution in [0, 0.1) is 0 Å². The number of fused-ring (bicyclic) bond motifs is 1. The number of nitrogens with zero attached hydrogens (tertiary/aromatic N) is 1. The van der Waals surface area contributed by atoms with E-state index in [0.29, 0.717) is 21.6 Å². The Bertz CT molecular complexity index is 1050. The van der Waals surface area contributed by atoms with Gasteiger partial charge in [-0.05, 0) is 30.3 Å². The van der Waals surface area contributed by atoms with Gasteiger partial charge in [0.1, 0.15) is 11.8 Å². The molecule has 138 valence electrons. The lowest BCUT2D eigenvalue weighted by Crippen LogP contribution is -2.27. The summed E-state index contributed by atoms with van der Waals surface area (Å²) in [6.45, 7) is 0. The van der Waals surface area contributed by atoms with Crippen molar-refractivity contribution in [3.8, 4) is 0 Å². The third-order valence-electron chi connectivity index (χ3n) is 4.56. The van der Waals surface area contributed by atoms with Gasteiger partial charge in [0.2, 0.25) is 0 Å². The molecule has 4 rings (SSSR count). The van der Waals surface area contributed by atoms with Crippen molar-refractivity contribution in [3.63, 3.8) is 0 Å². The van der Waals surface area contributed by atoms with E-state index in [9.17, 15) is 9.59 Å². The average Bonchev–Trinajstić information content (AvgIpc) is 3.14. The van der Waals surface area contributed by atoms with E-state index in [-0.39, 0.29) is 11.8 Å². The summed E-state index contributed by atoms with van der Waals surface area (Å²) in [5.74, 6) is -0.494. The maximum absolute atomic E-state index is 13.1. The van der Waals surface area contributed by atoms with Gasteiger partial charge in [0.25, 0.3) is 0 Å². The average molecular weight is 386 g/mol. The summed E-state index contributed by atoms with van der Waals surface area (Å²) >= 11 is 6.03. The molecule has 2 heterocycles. The molecule has 0 bridgehead atoms. The normalized spacial score (nSPS) is 19.4. The fourth-order valence-electron chi connectivity index (χ4n) is 3.24. The van der Waals surface area contributed by atoms with Crippen LogP contribution in [0.3, 0.4) is 0 Å². The van der Waals surface area contributed by atoms with Crippen LogP contribution in [0.4, 0.5) is 5.69 Å². The SMILES string of the molecule is COC(=O)[C@H]1C[C@@H](c2coc3ccc(Cl)cc3c2=O)N(c2ccccc2)O1. The predicted octanol–water partition coefficient (Wildman–Crippen LogP) is 3.87. The molecule has 0 N–H and O–H groups in total. The van der Waals surface area contributed by atoms with Gasteiger partial charge in [-0.2, -0.15) is 0 Å². The lowest BCUT2D eigenvalue weighted by atomic mass is 10.0. The van der Waals surface area contributed by atoms with Crippen molar-refractivity contribution in [1.82, 2.24) is 0 Å². The zero-order chi connectivity index (χ0) is 19.0. The number of esters is 1. The molecule has 6 nitrogen and oxygen atoms in total. The second-order valence-corrected chi connectivity index (χ2v) is 6.63. The minimum Gasteiger partial charge on any atom is -0.467 e. The summed E-state index contributed by atoms with van der Waals surface area (Å²) in [6, 6.07) is 13.6. The van der Waals surface area contributed by atoms with E-state index in [1.165, 1.54) is 13.4 Å². The van der Waals surface area contributed by atoms with Crippen LogP contribution in [-0.2, 0) is 14.4 Å². The van der Waals surface area contributed by atoms with Crippen LogP contribution in [0.25, 0.3) is 11.0 Å². The van der Waals surface area contributed by atoms with Crippen molar-refractivity contribution in [2.24, 2.45) is 0 Å². The first-order valence-corrected chi connectivity index (χ1v) is 8.76. The molecule has 1 aromatic heterocycles. The number of para-hydroxylation sites is 1. The highest BCUT2D eigenvalue weighted by atomic mass is 35.5. The first-order chi connectivity index (χ1) is 13.1. The molecule has 2 atom stereocenters. The van der Waals surface area contributed by atoms with E-state index >= 15 is 0 Å². The molecular formula is C20H16ClNO5. The Morgan fingerprint density at radius 2 is 2.00 bits per heavy atom. The van der Waals surface area contributed by atoms with E-state index in [4.69, 9.17) is 25.6 Å². The van der Waals surface area contributed by atoms with Crippen molar-refractivity contribution in [1.29, 1.82) is 0 Å². The van der Waals surface area contributed by atoms with Crippen LogP contribution in [0.5, 0.6) is 0 Å². The Hall–Kier alpha value is -2.83. The molecule has 0 saturated carbocycles. The second kappa shape index (κ2) is 7.06. The lowest BCUT2D eigenvalue weighted by Gasteiger charge is -2.24. The molecule has 2 aromatic carbocycles. The van der Waals surface area contributed by atoms with Gasteiger partial charge in [-0.3, -0.25) is 9.63 Å². The van der Waals surface area contributed by atoms with Gasteiger partial charge in [0.15, 0.2) is 11.5 Å². The van der Waals surface area contributed by atoms with Gasteiger partial charge in [-0.25, -0.2) is 9.86 Å². The minimum absolute atomic E-state index is 0.209. The van der Waals surface area contributed by atoms with E-state index in [0.717, 1.165) is 5.69 Å². The van der Waals surface area contributed by atoms with Crippen LogP contribution >= 0.6 is 11.6 Å². The van der Waals surface area contributed by atoms with Gasteiger partial charge in [0, 0.05) is 11.4 Å². The van der Waals surface area contributed by atoms with Crippen LogP contribution in [0.2, 0.25) is 5.02 Å².